The molecule has 0 radical (unpaired) electrons. The van der Waals surface area contributed by atoms with E-state index in [1.54, 1.807) is 0 Å². The number of piperidine rings is 1. The monoisotopic (exact) mass is 229 g/mol. The standard InChI is InChI=1S/C11H23N3O2/c1-2-6-13-11(15)14-7-3-10(4-8-14)16-9-5-12/h10H,2-9,12H2,1H3,(H,13,15). The van der Waals surface area contributed by atoms with Gasteiger partial charge in [0.25, 0.3) is 0 Å². The SMILES string of the molecule is CCCNC(=O)N1CCC(OCCN)CC1. The van der Waals surface area contributed by atoms with Gasteiger partial charge in [-0.25, -0.2) is 4.79 Å². The summed E-state index contributed by atoms with van der Waals surface area (Å²) in [6.07, 6.45) is 3.08. The van der Waals surface area contributed by atoms with Crippen molar-refractivity contribution in [1.82, 2.24) is 10.2 Å². The van der Waals surface area contributed by atoms with Crippen LogP contribution in [0.25, 0.3) is 0 Å². The van der Waals surface area contributed by atoms with Crippen molar-refractivity contribution in [3.05, 3.63) is 0 Å². The van der Waals surface area contributed by atoms with Crippen molar-refractivity contribution in [2.45, 2.75) is 32.3 Å². The quantitative estimate of drug-likeness (QED) is 0.723. The molecule has 0 aromatic carbocycles. The van der Waals surface area contributed by atoms with Crippen LogP contribution in [0.4, 0.5) is 4.79 Å². The predicted octanol–water partition coefficient (Wildman–Crippen LogP) is 0.546. The minimum Gasteiger partial charge on any atom is -0.377 e. The van der Waals surface area contributed by atoms with E-state index in [9.17, 15) is 4.79 Å². The van der Waals surface area contributed by atoms with Crippen LogP contribution in [-0.4, -0.2) is 49.8 Å². The van der Waals surface area contributed by atoms with E-state index in [0.29, 0.717) is 13.2 Å². The van der Waals surface area contributed by atoms with Crippen molar-refractivity contribution in [2.24, 2.45) is 5.73 Å². The van der Waals surface area contributed by atoms with Crippen LogP contribution in [0, 0.1) is 0 Å². The topological polar surface area (TPSA) is 67.6 Å². The van der Waals surface area contributed by atoms with Gasteiger partial charge in [0.2, 0.25) is 0 Å². The van der Waals surface area contributed by atoms with Crippen LogP contribution < -0.4 is 11.1 Å². The van der Waals surface area contributed by atoms with E-state index in [2.05, 4.69) is 5.32 Å². The number of rotatable bonds is 5. The van der Waals surface area contributed by atoms with Crippen LogP contribution in [0.2, 0.25) is 0 Å². The molecule has 0 unspecified atom stereocenters. The number of urea groups is 1. The summed E-state index contributed by atoms with van der Waals surface area (Å²) in [6, 6.07) is 0.0547. The molecule has 2 amide bonds. The molecule has 3 N–H and O–H groups in total. The minimum atomic E-state index is 0.0547. The first-order valence-electron chi connectivity index (χ1n) is 6.12. The Bertz CT molecular complexity index is 203. The zero-order chi connectivity index (χ0) is 11.8. The molecule has 1 heterocycles. The number of nitrogens with zero attached hydrogens (tertiary/aromatic N) is 1. The van der Waals surface area contributed by atoms with Crippen LogP contribution in [0.15, 0.2) is 0 Å². The number of carbonyl (C=O) groups excluding carboxylic acids is 1. The van der Waals surface area contributed by atoms with Crippen molar-refractivity contribution < 1.29 is 9.53 Å². The fourth-order valence-electron chi connectivity index (χ4n) is 1.80. The Hall–Kier alpha value is -0.810. The molecular formula is C11H23N3O2. The number of hydrogen-bond donors (Lipinski definition) is 2. The first-order chi connectivity index (χ1) is 7.77. The summed E-state index contributed by atoms with van der Waals surface area (Å²) in [5.41, 5.74) is 5.38. The Balaban J connectivity index is 2.18. The van der Waals surface area contributed by atoms with Gasteiger partial charge in [-0.05, 0) is 19.3 Å². The van der Waals surface area contributed by atoms with Gasteiger partial charge in [-0.15, -0.1) is 0 Å². The Labute approximate surface area is 97.3 Å². The average Bonchev–Trinajstić information content (AvgIpc) is 2.34. The number of nitrogens with one attached hydrogen (secondary N) is 1. The number of ether oxygens (including phenoxy) is 1. The average molecular weight is 229 g/mol. The van der Waals surface area contributed by atoms with Crippen LogP contribution in [-0.2, 0) is 4.74 Å². The van der Waals surface area contributed by atoms with Crippen molar-refractivity contribution in [1.29, 1.82) is 0 Å². The molecule has 0 aromatic heterocycles. The minimum absolute atomic E-state index is 0.0547. The van der Waals surface area contributed by atoms with Gasteiger partial charge in [0.15, 0.2) is 0 Å². The molecule has 5 heteroatoms. The van der Waals surface area contributed by atoms with E-state index >= 15 is 0 Å². The highest BCUT2D eigenvalue weighted by molar-refractivity contribution is 5.74. The zero-order valence-corrected chi connectivity index (χ0v) is 10.1. The number of likely N-dealkylation sites (tertiary alicyclic amines) is 1. The molecule has 1 aliphatic heterocycles. The molecule has 0 aliphatic carbocycles. The molecule has 0 saturated carbocycles. The van der Waals surface area contributed by atoms with Crippen molar-refractivity contribution in [2.75, 3.05) is 32.8 Å². The highest BCUT2D eigenvalue weighted by Gasteiger charge is 2.22. The maximum absolute atomic E-state index is 11.6. The zero-order valence-electron chi connectivity index (χ0n) is 10.1. The van der Waals surface area contributed by atoms with Crippen LogP contribution in [0.3, 0.4) is 0 Å². The number of nitrogens with two attached hydrogens (primary N) is 1. The Morgan fingerprint density at radius 2 is 2.19 bits per heavy atom. The first kappa shape index (κ1) is 13.3. The molecule has 1 fully saturated rings. The molecule has 0 spiro atoms. The second kappa shape index (κ2) is 7.46. The van der Waals surface area contributed by atoms with Gasteiger partial charge < -0.3 is 20.7 Å². The molecule has 1 rings (SSSR count). The largest absolute Gasteiger partial charge is 0.377 e. The summed E-state index contributed by atoms with van der Waals surface area (Å²) in [5.74, 6) is 0. The van der Waals surface area contributed by atoms with Crippen LogP contribution in [0.5, 0.6) is 0 Å². The van der Waals surface area contributed by atoms with Crippen LogP contribution >= 0.6 is 0 Å². The van der Waals surface area contributed by atoms with E-state index in [0.717, 1.165) is 38.9 Å². The van der Waals surface area contributed by atoms with Gasteiger partial charge in [0.05, 0.1) is 12.7 Å². The van der Waals surface area contributed by atoms with E-state index in [-0.39, 0.29) is 12.1 Å². The number of carbonyl (C=O) groups is 1. The van der Waals surface area contributed by atoms with E-state index < -0.39 is 0 Å². The number of hydrogen-bond acceptors (Lipinski definition) is 3. The highest BCUT2D eigenvalue weighted by atomic mass is 16.5. The Kier molecular flexibility index (Phi) is 6.18. The van der Waals surface area contributed by atoms with Crippen molar-refractivity contribution in [3.8, 4) is 0 Å². The fourth-order valence-corrected chi connectivity index (χ4v) is 1.80. The summed E-state index contributed by atoms with van der Waals surface area (Å²) >= 11 is 0. The number of amides is 2. The first-order valence-corrected chi connectivity index (χ1v) is 6.12. The van der Waals surface area contributed by atoms with Crippen molar-refractivity contribution >= 4 is 6.03 Å². The molecule has 16 heavy (non-hydrogen) atoms. The lowest BCUT2D eigenvalue weighted by molar-refractivity contribution is 0.0190. The lowest BCUT2D eigenvalue weighted by Crippen LogP contribution is -2.46. The van der Waals surface area contributed by atoms with Gasteiger partial charge in [-0.1, -0.05) is 6.92 Å². The van der Waals surface area contributed by atoms with Gasteiger partial charge in [-0.2, -0.15) is 0 Å². The van der Waals surface area contributed by atoms with E-state index in [1.807, 2.05) is 11.8 Å². The second-order valence-electron chi connectivity index (χ2n) is 4.08. The third kappa shape index (κ3) is 4.37. The molecule has 0 atom stereocenters. The van der Waals surface area contributed by atoms with Gasteiger partial charge >= 0.3 is 6.03 Å². The maximum Gasteiger partial charge on any atom is 0.317 e. The van der Waals surface area contributed by atoms with Gasteiger partial charge in [0.1, 0.15) is 0 Å². The van der Waals surface area contributed by atoms with Crippen molar-refractivity contribution in [3.63, 3.8) is 0 Å². The summed E-state index contributed by atoms with van der Waals surface area (Å²) in [4.78, 5) is 13.5. The molecule has 94 valence electrons. The molecular weight excluding hydrogens is 206 g/mol. The van der Waals surface area contributed by atoms with Crippen LogP contribution in [0.1, 0.15) is 26.2 Å². The lowest BCUT2D eigenvalue weighted by Gasteiger charge is -2.31. The summed E-state index contributed by atoms with van der Waals surface area (Å²) < 4.78 is 5.56. The Morgan fingerprint density at radius 1 is 1.50 bits per heavy atom. The predicted molar refractivity (Wildman–Crippen MR) is 63.3 cm³/mol. The molecule has 1 saturated heterocycles. The third-order valence-electron chi connectivity index (χ3n) is 2.73. The molecule has 0 bridgehead atoms. The fraction of sp³-hybridized carbons (Fsp3) is 0.909. The summed E-state index contributed by atoms with van der Waals surface area (Å²) in [6.45, 7) is 5.55. The smallest absolute Gasteiger partial charge is 0.317 e. The van der Waals surface area contributed by atoms with E-state index in [1.165, 1.54) is 0 Å². The normalized spacial score (nSPS) is 17.5. The maximum atomic E-state index is 11.6. The summed E-state index contributed by atoms with van der Waals surface area (Å²) in [7, 11) is 0. The highest BCUT2D eigenvalue weighted by Crippen LogP contribution is 2.13. The lowest BCUT2D eigenvalue weighted by atomic mass is 10.1. The Morgan fingerprint density at radius 3 is 2.75 bits per heavy atom. The molecule has 5 nitrogen and oxygen atoms in total. The van der Waals surface area contributed by atoms with Gasteiger partial charge in [0, 0.05) is 26.2 Å². The molecule has 1 aliphatic rings. The van der Waals surface area contributed by atoms with E-state index in [4.69, 9.17) is 10.5 Å². The summed E-state index contributed by atoms with van der Waals surface area (Å²) in [5, 5.41) is 2.89. The second-order valence-corrected chi connectivity index (χ2v) is 4.08. The third-order valence-corrected chi connectivity index (χ3v) is 2.73. The molecule has 0 aromatic rings. The van der Waals surface area contributed by atoms with Gasteiger partial charge in [-0.3, -0.25) is 0 Å².